The summed E-state index contributed by atoms with van der Waals surface area (Å²) >= 11 is 0. The van der Waals surface area contributed by atoms with Gasteiger partial charge in [-0.3, -0.25) is 0 Å². The van der Waals surface area contributed by atoms with E-state index in [-0.39, 0.29) is 11.2 Å². The molecular weight excluding hydrogens is 199 g/mol. The van der Waals surface area contributed by atoms with E-state index in [9.17, 15) is 4.39 Å². The highest BCUT2D eigenvalue weighted by molar-refractivity contribution is 5.33. The average Bonchev–Trinajstić information content (AvgIpc) is 2.31. The Bertz CT molecular complexity index is 313. The monoisotopic (exact) mass is 224 g/mol. The maximum Gasteiger partial charge on any atom is 0.123 e. The predicted molar refractivity (Wildman–Crippen MR) is 70.4 cm³/mol. The number of halogens is 1. The van der Waals surface area contributed by atoms with Gasteiger partial charge in [-0.15, -0.1) is 0 Å². The van der Waals surface area contributed by atoms with Gasteiger partial charge in [-0.05, 0) is 41.5 Å². The number of rotatable bonds is 3. The highest BCUT2D eigenvalue weighted by Gasteiger charge is 2.20. The Balaban J connectivity index is 0.00000106. The molecule has 0 atom stereocenters. The summed E-state index contributed by atoms with van der Waals surface area (Å²) in [4.78, 5) is 0. The van der Waals surface area contributed by atoms with Crippen LogP contribution in [-0.4, -0.2) is 0 Å². The van der Waals surface area contributed by atoms with E-state index in [1.807, 2.05) is 19.9 Å². The predicted octanol–water partition coefficient (Wildman–Crippen LogP) is 5.10. The van der Waals surface area contributed by atoms with Gasteiger partial charge < -0.3 is 0 Å². The van der Waals surface area contributed by atoms with Crippen molar-refractivity contribution >= 4 is 0 Å². The summed E-state index contributed by atoms with van der Waals surface area (Å²) in [6.07, 6.45) is 1.97. The standard InChI is InChI=1S/C13H19F.C2H6/c1-5-10-9-11(14)7-8-12(10)13(3,4)6-2;1-2/h7-9H,5-6H2,1-4H3;1-2H3. The highest BCUT2D eigenvalue weighted by atomic mass is 19.1. The maximum absolute atomic E-state index is 13.0. The quantitative estimate of drug-likeness (QED) is 0.670. The Morgan fingerprint density at radius 1 is 1.12 bits per heavy atom. The van der Waals surface area contributed by atoms with E-state index in [0.29, 0.717) is 0 Å². The van der Waals surface area contributed by atoms with Crippen LogP contribution in [0.5, 0.6) is 0 Å². The van der Waals surface area contributed by atoms with E-state index in [0.717, 1.165) is 18.4 Å². The van der Waals surface area contributed by atoms with Gasteiger partial charge in [0.1, 0.15) is 5.82 Å². The van der Waals surface area contributed by atoms with Gasteiger partial charge in [-0.1, -0.05) is 47.6 Å². The summed E-state index contributed by atoms with van der Waals surface area (Å²) in [5.41, 5.74) is 2.57. The van der Waals surface area contributed by atoms with Crippen LogP contribution < -0.4 is 0 Å². The van der Waals surface area contributed by atoms with Crippen LogP contribution >= 0.6 is 0 Å². The summed E-state index contributed by atoms with van der Waals surface area (Å²) in [7, 11) is 0. The third-order valence-electron chi connectivity index (χ3n) is 3.06. The molecule has 0 aromatic heterocycles. The SMILES string of the molecule is CC.CCc1cc(F)ccc1C(C)(C)CC. The van der Waals surface area contributed by atoms with Crippen LogP contribution in [0.3, 0.4) is 0 Å². The third kappa shape index (κ3) is 3.62. The molecule has 0 fully saturated rings. The molecule has 1 aromatic carbocycles. The smallest absolute Gasteiger partial charge is 0.123 e. The Hall–Kier alpha value is -0.850. The first kappa shape index (κ1) is 15.2. The van der Waals surface area contributed by atoms with Crippen molar-refractivity contribution in [1.82, 2.24) is 0 Å². The Labute approximate surface area is 99.9 Å². The number of aryl methyl sites for hydroxylation is 1. The molecule has 0 bridgehead atoms. The number of hydrogen-bond donors (Lipinski definition) is 0. The molecule has 1 rings (SSSR count). The van der Waals surface area contributed by atoms with Gasteiger partial charge in [0.15, 0.2) is 0 Å². The van der Waals surface area contributed by atoms with Crippen molar-refractivity contribution in [3.8, 4) is 0 Å². The normalized spacial score (nSPS) is 10.7. The van der Waals surface area contributed by atoms with Gasteiger partial charge in [-0.25, -0.2) is 4.39 Å². The lowest BCUT2D eigenvalue weighted by atomic mass is 9.79. The van der Waals surface area contributed by atoms with Crippen LogP contribution in [-0.2, 0) is 11.8 Å². The van der Waals surface area contributed by atoms with Crippen molar-refractivity contribution in [2.24, 2.45) is 0 Å². The second kappa shape index (κ2) is 6.67. The van der Waals surface area contributed by atoms with Crippen molar-refractivity contribution in [3.63, 3.8) is 0 Å². The molecule has 0 unspecified atom stereocenters. The first-order valence-electron chi connectivity index (χ1n) is 6.30. The van der Waals surface area contributed by atoms with Crippen molar-refractivity contribution in [1.29, 1.82) is 0 Å². The largest absolute Gasteiger partial charge is 0.207 e. The zero-order chi connectivity index (χ0) is 12.8. The molecule has 0 aliphatic rings. The van der Waals surface area contributed by atoms with Gasteiger partial charge in [-0.2, -0.15) is 0 Å². The van der Waals surface area contributed by atoms with Crippen LogP contribution in [0, 0.1) is 5.82 Å². The van der Waals surface area contributed by atoms with E-state index in [2.05, 4.69) is 27.7 Å². The molecule has 0 radical (unpaired) electrons. The second-order valence-electron chi connectivity index (χ2n) is 4.39. The minimum Gasteiger partial charge on any atom is -0.207 e. The minimum atomic E-state index is -0.127. The fourth-order valence-electron chi connectivity index (χ4n) is 1.71. The zero-order valence-electron chi connectivity index (χ0n) is 11.5. The van der Waals surface area contributed by atoms with Gasteiger partial charge >= 0.3 is 0 Å². The molecular formula is C15H25F. The van der Waals surface area contributed by atoms with Crippen LogP contribution in [0.15, 0.2) is 18.2 Å². The van der Waals surface area contributed by atoms with E-state index >= 15 is 0 Å². The molecule has 1 aromatic rings. The molecule has 0 saturated carbocycles. The van der Waals surface area contributed by atoms with E-state index in [1.54, 1.807) is 12.1 Å². The molecule has 0 aliphatic heterocycles. The fraction of sp³-hybridized carbons (Fsp3) is 0.600. The Kier molecular flexibility index (Phi) is 6.32. The summed E-state index contributed by atoms with van der Waals surface area (Å²) in [5.74, 6) is -0.127. The number of hydrogen-bond acceptors (Lipinski definition) is 0. The topological polar surface area (TPSA) is 0 Å². The van der Waals surface area contributed by atoms with Crippen molar-refractivity contribution in [3.05, 3.63) is 35.1 Å². The fourth-order valence-corrected chi connectivity index (χ4v) is 1.71. The van der Waals surface area contributed by atoms with Crippen LogP contribution in [0.1, 0.15) is 59.1 Å². The zero-order valence-corrected chi connectivity index (χ0v) is 11.5. The summed E-state index contributed by atoms with van der Waals surface area (Å²) in [5, 5.41) is 0. The maximum atomic E-state index is 13.0. The van der Waals surface area contributed by atoms with E-state index < -0.39 is 0 Å². The first-order valence-corrected chi connectivity index (χ1v) is 6.30. The van der Waals surface area contributed by atoms with E-state index in [1.165, 1.54) is 5.56 Å². The van der Waals surface area contributed by atoms with Crippen molar-refractivity contribution in [2.45, 2.75) is 59.8 Å². The molecule has 0 saturated heterocycles. The number of benzene rings is 1. The molecule has 0 N–H and O–H groups in total. The Morgan fingerprint density at radius 3 is 2.12 bits per heavy atom. The van der Waals surface area contributed by atoms with E-state index in [4.69, 9.17) is 0 Å². The van der Waals surface area contributed by atoms with Crippen LogP contribution in [0.25, 0.3) is 0 Å². The molecule has 0 nitrogen and oxygen atoms in total. The molecule has 1 heteroatoms. The molecule has 0 amide bonds. The van der Waals surface area contributed by atoms with Gasteiger partial charge in [0, 0.05) is 0 Å². The van der Waals surface area contributed by atoms with Crippen LogP contribution in [0.4, 0.5) is 4.39 Å². The average molecular weight is 224 g/mol. The van der Waals surface area contributed by atoms with Crippen molar-refractivity contribution in [2.75, 3.05) is 0 Å². The van der Waals surface area contributed by atoms with Gasteiger partial charge in [0.25, 0.3) is 0 Å². The summed E-state index contributed by atoms with van der Waals surface area (Å²) in [6, 6.07) is 5.15. The van der Waals surface area contributed by atoms with Crippen LogP contribution in [0.2, 0.25) is 0 Å². The summed E-state index contributed by atoms with van der Waals surface area (Å²) in [6.45, 7) is 12.7. The lowest BCUT2D eigenvalue weighted by molar-refractivity contribution is 0.499. The second-order valence-corrected chi connectivity index (χ2v) is 4.39. The van der Waals surface area contributed by atoms with Gasteiger partial charge in [0.2, 0.25) is 0 Å². The Morgan fingerprint density at radius 2 is 1.69 bits per heavy atom. The molecule has 0 spiro atoms. The molecule has 92 valence electrons. The first-order chi connectivity index (χ1) is 7.51. The third-order valence-corrected chi connectivity index (χ3v) is 3.06. The van der Waals surface area contributed by atoms with Gasteiger partial charge in [0.05, 0.1) is 0 Å². The lowest BCUT2D eigenvalue weighted by Crippen LogP contribution is -2.17. The minimum absolute atomic E-state index is 0.127. The lowest BCUT2D eigenvalue weighted by Gasteiger charge is -2.26. The highest BCUT2D eigenvalue weighted by Crippen LogP contribution is 2.30. The molecule has 16 heavy (non-hydrogen) atoms. The molecule has 0 aliphatic carbocycles. The molecule has 0 heterocycles. The van der Waals surface area contributed by atoms with Crippen molar-refractivity contribution < 1.29 is 4.39 Å². The summed E-state index contributed by atoms with van der Waals surface area (Å²) < 4.78 is 13.0.